The Bertz CT molecular complexity index is 1400. The number of aryl methyl sites for hydroxylation is 1. The molecule has 0 spiro atoms. The lowest BCUT2D eigenvalue weighted by Gasteiger charge is -2.32. The summed E-state index contributed by atoms with van der Waals surface area (Å²) in [7, 11) is -2.58. The number of sulfonamides is 1. The van der Waals surface area contributed by atoms with Gasteiger partial charge in [-0.05, 0) is 81.3 Å². The molecule has 2 amide bonds. The van der Waals surface area contributed by atoms with Gasteiger partial charge in [-0.15, -0.1) is 0 Å². The maximum atomic E-state index is 13.9. The lowest BCUT2D eigenvalue weighted by Crippen LogP contribution is -2.52. The molecule has 0 radical (unpaired) electrons. The van der Waals surface area contributed by atoms with Gasteiger partial charge >= 0.3 is 0 Å². The standard InChI is InChI=1S/C29H34ClN3O5S/c1-20(2)31-29(35)22(4)32(18-23-11-14-25(38-5)15-12-23)28(34)19-33(27-16-13-24(30)17-21(27)3)39(36,37)26-9-7-6-8-10-26/h6-17,20,22H,18-19H2,1-5H3,(H,31,35)/t22-/m0/s1. The quantitative estimate of drug-likeness (QED) is 0.357. The van der Waals surface area contributed by atoms with Crippen molar-refractivity contribution in [1.29, 1.82) is 0 Å². The summed E-state index contributed by atoms with van der Waals surface area (Å²) in [6.07, 6.45) is 0. The van der Waals surface area contributed by atoms with E-state index in [1.54, 1.807) is 81.6 Å². The van der Waals surface area contributed by atoms with Gasteiger partial charge in [0.15, 0.2) is 0 Å². The van der Waals surface area contributed by atoms with Crippen LogP contribution in [0.1, 0.15) is 31.9 Å². The van der Waals surface area contributed by atoms with Crippen LogP contribution < -0.4 is 14.4 Å². The van der Waals surface area contributed by atoms with E-state index in [0.29, 0.717) is 22.0 Å². The molecular weight excluding hydrogens is 538 g/mol. The van der Waals surface area contributed by atoms with E-state index in [9.17, 15) is 18.0 Å². The minimum absolute atomic E-state index is 0.0412. The summed E-state index contributed by atoms with van der Waals surface area (Å²) < 4.78 is 34.0. The summed E-state index contributed by atoms with van der Waals surface area (Å²) in [4.78, 5) is 28.3. The third-order valence-electron chi connectivity index (χ3n) is 6.15. The van der Waals surface area contributed by atoms with Crippen LogP contribution in [-0.2, 0) is 26.2 Å². The van der Waals surface area contributed by atoms with E-state index < -0.39 is 28.5 Å². The lowest BCUT2D eigenvalue weighted by atomic mass is 10.1. The zero-order valence-corrected chi connectivity index (χ0v) is 24.3. The monoisotopic (exact) mass is 571 g/mol. The van der Waals surface area contributed by atoms with Gasteiger partial charge in [0.05, 0.1) is 17.7 Å². The molecule has 8 nitrogen and oxygen atoms in total. The molecule has 3 aromatic rings. The molecule has 3 rings (SSSR count). The number of benzene rings is 3. The number of rotatable bonds is 11. The van der Waals surface area contributed by atoms with Crippen LogP contribution in [0.3, 0.4) is 0 Å². The minimum Gasteiger partial charge on any atom is -0.497 e. The van der Waals surface area contributed by atoms with Crippen molar-refractivity contribution >= 4 is 39.1 Å². The fourth-order valence-corrected chi connectivity index (χ4v) is 5.77. The van der Waals surface area contributed by atoms with Crippen LogP contribution in [0.5, 0.6) is 5.75 Å². The highest BCUT2D eigenvalue weighted by atomic mass is 35.5. The van der Waals surface area contributed by atoms with Crippen LogP contribution in [-0.4, -0.2) is 50.9 Å². The van der Waals surface area contributed by atoms with Gasteiger partial charge in [-0.2, -0.15) is 0 Å². The summed E-state index contributed by atoms with van der Waals surface area (Å²) >= 11 is 6.14. The Morgan fingerprint density at radius 3 is 2.18 bits per heavy atom. The van der Waals surface area contributed by atoms with E-state index in [-0.39, 0.29) is 23.4 Å². The van der Waals surface area contributed by atoms with Crippen LogP contribution in [0.4, 0.5) is 5.69 Å². The van der Waals surface area contributed by atoms with Crippen molar-refractivity contribution in [2.45, 2.75) is 51.2 Å². The van der Waals surface area contributed by atoms with Crippen molar-refractivity contribution in [1.82, 2.24) is 10.2 Å². The number of anilines is 1. The predicted octanol–water partition coefficient (Wildman–Crippen LogP) is 4.79. The number of carbonyl (C=O) groups excluding carboxylic acids is 2. The number of ether oxygens (including phenoxy) is 1. The van der Waals surface area contributed by atoms with Gasteiger partial charge in [-0.1, -0.05) is 41.9 Å². The first kappa shape index (κ1) is 30.0. The summed E-state index contributed by atoms with van der Waals surface area (Å²) in [5.41, 5.74) is 1.66. The second kappa shape index (κ2) is 13.0. The van der Waals surface area contributed by atoms with Crippen LogP contribution >= 0.6 is 11.6 Å². The van der Waals surface area contributed by atoms with Gasteiger partial charge in [0.25, 0.3) is 10.0 Å². The van der Waals surface area contributed by atoms with Gasteiger partial charge in [0.2, 0.25) is 11.8 Å². The molecule has 39 heavy (non-hydrogen) atoms. The van der Waals surface area contributed by atoms with Gasteiger partial charge in [0.1, 0.15) is 18.3 Å². The normalized spacial score (nSPS) is 12.1. The molecule has 0 heterocycles. The number of carbonyl (C=O) groups is 2. The first-order chi connectivity index (χ1) is 18.4. The fraction of sp³-hybridized carbons (Fsp3) is 0.310. The third-order valence-corrected chi connectivity index (χ3v) is 8.16. The molecule has 3 aromatic carbocycles. The average molecular weight is 572 g/mol. The highest BCUT2D eigenvalue weighted by Gasteiger charge is 2.33. The molecule has 10 heteroatoms. The summed E-state index contributed by atoms with van der Waals surface area (Å²) in [6.45, 7) is 6.59. The third kappa shape index (κ3) is 7.52. The van der Waals surface area contributed by atoms with E-state index in [1.165, 1.54) is 17.0 Å². The maximum absolute atomic E-state index is 13.9. The molecule has 0 unspecified atom stereocenters. The fourth-order valence-electron chi connectivity index (χ4n) is 4.05. The van der Waals surface area contributed by atoms with Crippen molar-refractivity contribution in [3.63, 3.8) is 0 Å². The SMILES string of the molecule is COc1ccc(CN(C(=O)CN(c2ccc(Cl)cc2C)S(=O)(=O)c2ccccc2)[C@@H](C)C(=O)NC(C)C)cc1. The number of nitrogens with zero attached hydrogens (tertiary/aromatic N) is 2. The zero-order chi connectivity index (χ0) is 28.7. The topological polar surface area (TPSA) is 96.0 Å². The van der Waals surface area contributed by atoms with Crippen molar-refractivity contribution in [2.75, 3.05) is 18.0 Å². The molecule has 0 saturated heterocycles. The highest BCUT2D eigenvalue weighted by molar-refractivity contribution is 7.92. The molecule has 0 aliphatic carbocycles. The Balaban J connectivity index is 2.04. The van der Waals surface area contributed by atoms with Gasteiger partial charge in [0, 0.05) is 17.6 Å². The van der Waals surface area contributed by atoms with Crippen molar-refractivity contribution < 1.29 is 22.7 Å². The van der Waals surface area contributed by atoms with Gasteiger partial charge < -0.3 is 15.0 Å². The second-order valence-corrected chi connectivity index (χ2v) is 11.8. The molecule has 0 saturated carbocycles. The number of hydrogen-bond donors (Lipinski definition) is 1. The highest BCUT2D eigenvalue weighted by Crippen LogP contribution is 2.29. The summed E-state index contributed by atoms with van der Waals surface area (Å²) in [6, 6.07) is 18.8. The number of halogens is 1. The van der Waals surface area contributed by atoms with E-state index >= 15 is 0 Å². The Morgan fingerprint density at radius 1 is 0.974 bits per heavy atom. The van der Waals surface area contributed by atoms with E-state index in [2.05, 4.69) is 5.32 Å². The molecule has 0 aromatic heterocycles. The molecule has 208 valence electrons. The Hall–Kier alpha value is -3.56. The summed E-state index contributed by atoms with van der Waals surface area (Å²) in [5, 5.41) is 3.28. The number of nitrogens with one attached hydrogen (secondary N) is 1. The first-order valence-electron chi connectivity index (χ1n) is 12.5. The lowest BCUT2D eigenvalue weighted by molar-refractivity contribution is -0.139. The van der Waals surface area contributed by atoms with Crippen LogP contribution in [0.25, 0.3) is 0 Å². The Morgan fingerprint density at radius 2 is 1.62 bits per heavy atom. The second-order valence-electron chi connectivity index (χ2n) is 9.46. The number of methoxy groups -OCH3 is 1. The number of hydrogen-bond acceptors (Lipinski definition) is 5. The predicted molar refractivity (Wildman–Crippen MR) is 153 cm³/mol. The van der Waals surface area contributed by atoms with E-state index in [1.807, 2.05) is 13.8 Å². The zero-order valence-electron chi connectivity index (χ0n) is 22.7. The van der Waals surface area contributed by atoms with Crippen molar-refractivity contribution in [3.8, 4) is 5.75 Å². The minimum atomic E-state index is -4.14. The van der Waals surface area contributed by atoms with E-state index in [0.717, 1.165) is 9.87 Å². The summed E-state index contributed by atoms with van der Waals surface area (Å²) in [5.74, 6) is -0.223. The van der Waals surface area contributed by atoms with Gasteiger partial charge in [-0.3, -0.25) is 13.9 Å². The average Bonchev–Trinajstić information content (AvgIpc) is 2.90. The Kier molecular flexibility index (Phi) is 9.99. The smallest absolute Gasteiger partial charge is 0.264 e. The molecule has 1 atom stereocenters. The van der Waals surface area contributed by atoms with Crippen molar-refractivity contribution in [2.24, 2.45) is 0 Å². The molecule has 0 fully saturated rings. The van der Waals surface area contributed by atoms with Gasteiger partial charge in [-0.25, -0.2) is 8.42 Å². The molecule has 0 bridgehead atoms. The first-order valence-corrected chi connectivity index (χ1v) is 14.3. The molecule has 0 aliphatic rings. The maximum Gasteiger partial charge on any atom is 0.264 e. The molecule has 0 aliphatic heterocycles. The molecule has 1 N–H and O–H groups in total. The van der Waals surface area contributed by atoms with Crippen LogP contribution in [0.2, 0.25) is 5.02 Å². The van der Waals surface area contributed by atoms with Crippen LogP contribution in [0.15, 0.2) is 77.7 Å². The largest absolute Gasteiger partial charge is 0.497 e. The molecular formula is C29H34ClN3O5S. The number of amides is 2. The van der Waals surface area contributed by atoms with Crippen molar-refractivity contribution in [3.05, 3.63) is 88.9 Å². The van der Waals surface area contributed by atoms with Crippen LogP contribution in [0, 0.1) is 6.92 Å². The Labute approximate surface area is 235 Å². The van der Waals surface area contributed by atoms with E-state index in [4.69, 9.17) is 16.3 Å².